The fraction of sp³-hybridized carbons (Fsp3) is 0.381. The van der Waals surface area contributed by atoms with Gasteiger partial charge in [0.05, 0.1) is 10.4 Å². The summed E-state index contributed by atoms with van der Waals surface area (Å²) >= 11 is 5.91. The zero-order valence-corrected chi connectivity index (χ0v) is 18.1. The summed E-state index contributed by atoms with van der Waals surface area (Å²) in [6.07, 6.45) is -0.697. The predicted molar refractivity (Wildman–Crippen MR) is 113 cm³/mol. The van der Waals surface area contributed by atoms with E-state index in [-0.39, 0.29) is 11.4 Å². The molecule has 2 aromatic carbocycles. The first-order valence-corrected chi connectivity index (χ1v) is 11.2. The topological polar surface area (TPSA) is 98.5 Å². The van der Waals surface area contributed by atoms with Crippen molar-refractivity contribution < 1.29 is 17.9 Å². The number of sulfone groups is 1. The van der Waals surface area contributed by atoms with Gasteiger partial charge in [-0.1, -0.05) is 41.9 Å². The highest BCUT2D eigenvalue weighted by Crippen LogP contribution is 2.56. The van der Waals surface area contributed by atoms with Crippen LogP contribution in [0.25, 0.3) is 0 Å². The summed E-state index contributed by atoms with van der Waals surface area (Å²) in [6, 6.07) is 15.2. The van der Waals surface area contributed by atoms with Gasteiger partial charge in [0.25, 0.3) is 0 Å². The van der Waals surface area contributed by atoms with E-state index in [4.69, 9.17) is 22.1 Å². The molecule has 0 aromatic heterocycles. The molecule has 0 spiro atoms. The Morgan fingerprint density at radius 1 is 1.14 bits per heavy atom. The zero-order valence-electron chi connectivity index (χ0n) is 16.6. The summed E-state index contributed by atoms with van der Waals surface area (Å²) in [6.45, 7) is 5.17. The summed E-state index contributed by atoms with van der Waals surface area (Å²) in [5.41, 5.74) is 4.95. The van der Waals surface area contributed by atoms with Crippen molar-refractivity contribution >= 4 is 27.5 Å². The maximum Gasteiger partial charge on any atom is 0.408 e. The highest BCUT2D eigenvalue weighted by atomic mass is 35.5. The quantitative estimate of drug-likeness (QED) is 0.747. The van der Waals surface area contributed by atoms with E-state index in [2.05, 4.69) is 5.32 Å². The van der Waals surface area contributed by atoms with E-state index in [1.165, 1.54) is 24.3 Å². The molecular weight excluding hydrogens is 412 g/mol. The summed E-state index contributed by atoms with van der Waals surface area (Å²) in [5.74, 6) is -0.498. The van der Waals surface area contributed by atoms with Crippen molar-refractivity contribution in [3.63, 3.8) is 0 Å². The van der Waals surface area contributed by atoms with Crippen molar-refractivity contribution in [2.24, 2.45) is 5.73 Å². The van der Waals surface area contributed by atoms with Gasteiger partial charge < -0.3 is 15.8 Å². The summed E-state index contributed by atoms with van der Waals surface area (Å²) in [5, 5.41) is 2.29. The van der Waals surface area contributed by atoms with Crippen LogP contribution < -0.4 is 11.1 Å². The van der Waals surface area contributed by atoms with Gasteiger partial charge in [-0.15, -0.1) is 0 Å². The molecule has 1 saturated carbocycles. The number of nitrogens with one attached hydrogen (secondary N) is 1. The van der Waals surface area contributed by atoms with Crippen LogP contribution in [0.15, 0.2) is 59.5 Å². The first-order valence-electron chi connectivity index (χ1n) is 9.27. The number of halogens is 1. The number of rotatable bonds is 5. The van der Waals surface area contributed by atoms with Crippen LogP contribution in [0.1, 0.15) is 32.3 Å². The third-order valence-corrected chi connectivity index (χ3v) is 7.51. The monoisotopic (exact) mass is 436 g/mol. The lowest BCUT2D eigenvalue weighted by molar-refractivity contribution is 0.0497. The van der Waals surface area contributed by atoms with Crippen LogP contribution in [-0.2, 0) is 14.6 Å². The van der Waals surface area contributed by atoms with E-state index in [1.807, 2.05) is 30.3 Å². The summed E-state index contributed by atoms with van der Waals surface area (Å²) in [7, 11) is -3.80. The lowest BCUT2D eigenvalue weighted by Gasteiger charge is -2.24. The Morgan fingerprint density at radius 2 is 1.72 bits per heavy atom. The highest BCUT2D eigenvalue weighted by molar-refractivity contribution is 7.92. The fourth-order valence-electron chi connectivity index (χ4n) is 3.70. The van der Waals surface area contributed by atoms with Gasteiger partial charge in [0.15, 0.2) is 9.84 Å². The van der Waals surface area contributed by atoms with E-state index < -0.39 is 38.2 Å². The molecule has 0 unspecified atom stereocenters. The number of carbonyl (C=O) groups excluding carboxylic acids is 1. The molecular formula is C21H25ClN2O4S. The minimum absolute atomic E-state index is 0.0523. The van der Waals surface area contributed by atoms with Crippen LogP contribution in [0, 0.1) is 0 Å². The number of nitrogens with two attached hydrogens (primary N) is 1. The number of carbonyl (C=O) groups is 1. The number of benzene rings is 2. The molecule has 0 saturated heterocycles. The standard InChI is InChI=1S/C21H25ClN2O4S/c1-20(2,3)28-19(25)24-21(13-23)17(14-7-5-4-6-8-14)18(21)29(26,27)16-11-9-15(22)10-12-16/h4-12,17-18H,13,23H2,1-3H3,(H,24,25)/t17-,18+,21+/m1/s1. The number of amides is 1. The third kappa shape index (κ3) is 4.27. The Bertz CT molecular complexity index is 988. The third-order valence-electron chi connectivity index (χ3n) is 4.96. The van der Waals surface area contributed by atoms with Crippen molar-refractivity contribution in [2.45, 2.75) is 48.0 Å². The molecule has 2 aromatic rings. The van der Waals surface area contributed by atoms with E-state index in [1.54, 1.807) is 20.8 Å². The number of hydrogen-bond donors (Lipinski definition) is 2. The first kappa shape index (κ1) is 21.6. The second-order valence-corrected chi connectivity index (χ2v) is 10.7. The minimum atomic E-state index is -3.80. The van der Waals surface area contributed by atoms with Gasteiger partial charge >= 0.3 is 6.09 Å². The molecule has 1 fully saturated rings. The predicted octanol–water partition coefficient (Wildman–Crippen LogP) is 3.50. The van der Waals surface area contributed by atoms with Gasteiger partial charge in [0, 0.05) is 17.5 Å². The van der Waals surface area contributed by atoms with Gasteiger partial charge in [-0.05, 0) is 50.6 Å². The normalized spacial score (nSPS) is 24.0. The van der Waals surface area contributed by atoms with Crippen LogP contribution in [0.5, 0.6) is 0 Å². The van der Waals surface area contributed by atoms with Crippen LogP contribution >= 0.6 is 11.6 Å². The molecule has 3 N–H and O–H groups in total. The zero-order chi connectivity index (χ0) is 21.4. The van der Waals surface area contributed by atoms with Crippen LogP contribution in [0.3, 0.4) is 0 Å². The van der Waals surface area contributed by atoms with E-state index in [9.17, 15) is 13.2 Å². The molecule has 6 nitrogen and oxygen atoms in total. The molecule has 0 aliphatic heterocycles. The van der Waals surface area contributed by atoms with Crippen LogP contribution in [-0.4, -0.2) is 37.4 Å². The average Bonchev–Trinajstić information content (AvgIpc) is 3.30. The minimum Gasteiger partial charge on any atom is -0.444 e. The number of alkyl carbamates (subject to hydrolysis) is 1. The molecule has 3 rings (SSSR count). The molecule has 0 radical (unpaired) electrons. The SMILES string of the molecule is CC(C)(C)OC(=O)N[C@@]1(CN)[C@H](c2ccccc2)[C@@H]1S(=O)(=O)c1ccc(Cl)cc1. The van der Waals surface area contributed by atoms with Gasteiger partial charge in [-0.2, -0.15) is 0 Å². The molecule has 0 heterocycles. The van der Waals surface area contributed by atoms with Gasteiger partial charge in [0.2, 0.25) is 0 Å². The number of ether oxygens (including phenoxy) is 1. The van der Waals surface area contributed by atoms with E-state index in [0.717, 1.165) is 5.56 Å². The van der Waals surface area contributed by atoms with Gasteiger partial charge in [-0.3, -0.25) is 0 Å². The second-order valence-electron chi connectivity index (χ2n) is 8.18. The van der Waals surface area contributed by atoms with Crippen molar-refractivity contribution in [1.29, 1.82) is 0 Å². The molecule has 29 heavy (non-hydrogen) atoms. The Balaban J connectivity index is 2.02. The fourth-order valence-corrected chi connectivity index (χ4v) is 6.17. The average molecular weight is 437 g/mol. The second kappa shape index (κ2) is 7.63. The molecule has 1 aliphatic carbocycles. The summed E-state index contributed by atoms with van der Waals surface area (Å²) in [4.78, 5) is 12.6. The van der Waals surface area contributed by atoms with E-state index >= 15 is 0 Å². The number of hydrogen-bond acceptors (Lipinski definition) is 5. The van der Waals surface area contributed by atoms with Crippen molar-refractivity contribution in [3.8, 4) is 0 Å². The lowest BCUT2D eigenvalue weighted by Crippen LogP contribution is -2.49. The first-order chi connectivity index (χ1) is 13.5. The highest BCUT2D eigenvalue weighted by Gasteiger charge is 2.71. The van der Waals surface area contributed by atoms with Crippen LogP contribution in [0.4, 0.5) is 4.79 Å². The maximum absolute atomic E-state index is 13.4. The molecule has 8 heteroatoms. The Labute approximate surface area is 176 Å². The molecule has 0 bridgehead atoms. The molecule has 156 valence electrons. The molecule has 1 amide bonds. The smallest absolute Gasteiger partial charge is 0.408 e. The van der Waals surface area contributed by atoms with Crippen molar-refractivity contribution in [3.05, 3.63) is 65.2 Å². The summed E-state index contributed by atoms with van der Waals surface area (Å²) < 4.78 is 32.2. The Hall–Kier alpha value is -2.09. The van der Waals surface area contributed by atoms with Crippen molar-refractivity contribution in [1.82, 2.24) is 5.32 Å². The Kier molecular flexibility index (Phi) is 5.69. The largest absolute Gasteiger partial charge is 0.444 e. The van der Waals surface area contributed by atoms with Gasteiger partial charge in [0.1, 0.15) is 10.9 Å². The van der Waals surface area contributed by atoms with Crippen molar-refractivity contribution in [2.75, 3.05) is 6.54 Å². The lowest BCUT2D eigenvalue weighted by atomic mass is 10.1. The van der Waals surface area contributed by atoms with Crippen LogP contribution in [0.2, 0.25) is 5.02 Å². The van der Waals surface area contributed by atoms with E-state index in [0.29, 0.717) is 5.02 Å². The molecule has 3 atom stereocenters. The maximum atomic E-state index is 13.4. The molecule has 1 aliphatic rings. The Morgan fingerprint density at radius 3 is 2.24 bits per heavy atom. The van der Waals surface area contributed by atoms with Gasteiger partial charge in [-0.25, -0.2) is 13.2 Å².